The summed E-state index contributed by atoms with van der Waals surface area (Å²) in [5.74, 6) is 3.94. The van der Waals surface area contributed by atoms with Crippen LogP contribution in [-0.4, -0.2) is 5.54 Å². The lowest BCUT2D eigenvalue weighted by atomic mass is 9.47. The Labute approximate surface area is 230 Å². The second-order valence-corrected chi connectivity index (χ2v) is 14.0. The first-order valence-corrected chi connectivity index (χ1v) is 15.5. The number of allylic oxidation sites excluding steroid dienone is 4. The number of benzene rings is 4. The third-order valence-corrected chi connectivity index (χ3v) is 13.2. The average Bonchev–Trinajstić information content (AvgIpc) is 3.63. The SMILES string of the molecule is C1=CC2C(C(c3c4ccccc4c(-c4cccc5c4C4CCC46NC56)c4ccccc34)=C1)C1CCC13CCC23. The van der Waals surface area contributed by atoms with Gasteiger partial charge in [0.15, 0.2) is 0 Å². The summed E-state index contributed by atoms with van der Waals surface area (Å²) in [5, 5.41) is 9.68. The molecule has 8 atom stereocenters. The van der Waals surface area contributed by atoms with Crippen molar-refractivity contribution in [3.05, 3.63) is 102 Å². The third kappa shape index (κ3) is 2.16. The van der Waals surface area contributed by atoms with Crippen LogP contribution in [0, 0.1) is 29.1 Å². The van der Waals surface area contributed by atoms with Gasteiger partial charge in [-0.15, -0.1) is 0 Å². The molecule has 39 heavy (non-hydrogen) atoms. The molecule has 1 heteroatoms. The largest absolute Gasteiger partial charge is 0.300 e. The van der Waals surface area contributed by atoms with E-state index in [1.807, 2.05) is 0 Å². The lowest BCUT2D eigenvalue weighted by Gasteiger charge is -2.57. The maximum absolute atomic E-state index is 3.87. The quantitative estimate of drug-likeness (QED) is 0.214. The van der Waals surface area contributed by atoms with E-state index in [1.54, 1.807) is 16.7 Å². The molecule has 1 N–H and O–H groups in total. The molecule has 190 valence electrons. The van der Waals surface area contributed by atoms with Gasteiger partial charge >= 0.3 is 0 Å². The van der Waals surface area contributed by atoms with Crippen LogP contribution >= 0.6 is 0 Å². The van der Waals surface area contributed by atoms with E-state index in [2.05, 4.69) is 90.3 Å². The molecule has 1 heterocycles. The number of hydrogen-bond donors (Lipinski definition) is 1. The van der Waals surface area contributed by atoms with Crippen molar-refractivity contribution in [1.82, 2.24) is 5.32 Å². The Balaban J connectivity index is 1.20. The summed E-state index contributed by atoms with van der Waals surface area (Å²) in [4.78, 5) is 0. The van der Waals surface area contributed by atoms with Crippen molar-refractivity contribution in [3.63, 3.8) is 0 Å². The average molecular weight is 504 g/mol. The van der Waals surface area contributed by atoms with Gasteiger partial charge in [-0.25, -0.2) is 0 Å². The molecule has 0 aromatic heterocycles. The van der Waals surface area contributed by atoms with Crippen molar-refractivity contribution in [1.29, 1.82) is 0 Å². The number of nitrogens with one attached hydrogen (secondary N) is 1. The van der Waals surface area contributed by atoms with Gasteiger partial charge in [-0.3, -0.25) is 0 Å². The fourth-order valence-corrected chi connectivity index (χ4v) is 11.4. The van der Waals surface area contributed by atoms with Gasteiger partial charge in [0.25, 0.3) is 0 Å². The number of fused-ring (bicyclic) bond motifs is 8. The first-order chi connectivity index (χ1) is 19.3. The molecular formula is C38H33N. The molecule has 7 aliphatic rings. The molecule has 4 aromatic rings. The van der Waals surface area contributed by atoms with Crippen LogP contribution in [-0.2, 0) is 0 Å². The van der Waals surface area contributed by atoms with Crippen molar-refractivity contribution >= 4 is 27.1 Å². The third-order valence-electron chi connectivity index (χ3n) is 13.2. The summed E-state index contributed by atoms with van der Waals surface area (Å²) in [5.41, 5.74) is 10.4. The van der Waals surface area contributed by atoms with Crippen LogP contribution in [0.25, 0.3) is 38.2 Å². The molecule has 1 nitrogen and oxygen atoms in total. The van der Waals surface area contributed by atoms with E-state index in [0.717, 1.165) is 17.8 Å². The van der Waals surface area contributed by atoms with Gasteiger partial charge in [-0.2, -0.15) is 0 Å². The summed E-state index contributed by atoms with van der Waals surface area (Å²) < 4.78 is 0. The zero-order chi connectivity index (χ0) is 25.1. The van der Waals surface area contributed by atoms with Crippen molar-refractivity contribution in [3.8, 4) is 11.1 Å². The monoisotopic (exact) mass is 503 g/mol. The van der Waals surface area contributed by atoms with E-state index in [9.17, 15) is 0 Å². The van der Waals surface area contributed by atoms with E-state index < -0.39 is 0 Å². The summed E-state index contributed by atoms with van der Waals surface area (Å²) in [7, 11) is 0. The molecule has 4 saturated carbocycles. The van der Waals surface area contributed by atoms with Crippen LogP contribution in [0.3, 0.4) is 0 Å². The molecule has 2 spiro atoms. The first-order valence-electron chi connectivity index (χ1n) is 15.5. The Hall–Kier alpha value is -3.16. The fraction of sp³-hybridized carbons (Fsp3) is 0.368. The van der Waals surface area contributed by atoms with E-state index in [0.29, 0.717) is 28.8 Å². The Morgan fingerprint density at radius 3 is 2.05 bits per heavy atom. The molecule has 4 aromatic carbocycles. The van der Waals surface area contributed by atoms with Gasteiger partial charge in [-0.05, 0) is 123 Å². The molecule has 0 amide bonds. The minimum Gasteiger partial charge on any atom is -0.300 e. The second-order valence-electron chi connectivity index (χ2n) is 14.0. The molecule has 0 radical (unpaired) electrons. The first kappa shape index (κ1) is 20.7. The predicted molar refractivity (Wildman–Crippen MR) is 159 cm³/mol. The lowest BCUT2D eigenvalue weighted by Crippen LogP contribution is -2.48. The van der Waals surface area contributed by atoms with Crippen LogP contribution in [0.4, 0.5) is 0 Å². The zero-order valence-corrected chi connectivity index (χ0v) is 22.3. The highest BCUT2D eigenvalue weighted by atomic mass is 15.3. The maximum atomic E-state index is 3.87. The van der Waals surface area contributed by atoms with Crippen LogP contribution in [0.2, 0.25) is 0 Å². The van der Waals surface area contributed by atoms with Gasteiger partial charge in [0.2, 0.25) is 0 Å². The topological polar surface area (TPSA) is 21.9 Å². The smallest absolute Gasteiger partial charge is 0.0519 e. The Morgan fingerprint density at radius 2 is 1.41 bits per heavy atom. The van der Waals surface area contributed by atoms with E-state index in [-0.39, 0.29) is 0 Å². The highest BCUT2D eigenvalue weighted by Crippen LogP contribution is 2.76. The number of rotatable bonds is 2. The standard InChI is InChI=1S/C38H33N/c1-3-9-23-21(7-1)32(26-12-5-11-25-29-15-18-37(29)19-16-30(37)34(25)26)22-8-2-4-10-24(22)33(23)27-13-6-14-28-35(27)31-17-20-38(31)36(28)39-38/h1-14,25,29-31,34,36,39H,15-20H2. The van der Waals surface area contributed by atoms with Crippen molar-refractivity contribution in [2.24, 2.45) is 29.1 Å². The molecule has 0 bridgehead atoms. The Kier molecular flexibility index (Phi) is 3.50. The van der Waals surface area contributed by atoms with E-state index >= 15 is 0 Å². The summed E-state index contributed by atoms with van der Waals surface area (Å²) in [6, 6.07) is 26.6. The van der Waals surface area contributed by atoms with Crippen LogP contribution in [0.15, 0.2) is 85.0 Å². The van der Waals surface area contributed by atoms with Gasteiger partial charge in [0.05, 0.1) is 6.04 Å². The number of hydrogen-bond acceptors (Lipinski definition) is 1. The molecule has 5 fully saturated rings. The van der Waals surface area contributed by atoms with Crippen molar-refractivity contribution in [2.75, 3.05) is 0 Å². The molecule has 1 saturated heterocycles. The lowest BCUT2D eigenvalue weighted by molar-refractivity contribution is -0.0720. The van der Waals surface area contributed by atoms with E-state index in [4.69, 9.17) is 0 Å². The minimum atomic E-state index is 0.388. The zero-order valence-electron chi connectivity index (χ0n) is 22.3. The Morgan fingerprint density at radius 1 is 0.692 bits per heavy atom. The summed E-state index contributed by atoms with van der Waals surface area (Å²) >= 11 is 0. The summed E-state index contributed by atoms with van der Waals surface area (Å²) in [6.07, 6.45) is 16.0. The molecule has 6 aliphatic carbocycles. The molecule has 11 rings (SSSR count). The maximum Gasteiger partial charge on any atom is 0.0519 e. The predicted octanol–water partition coefficient (Wildman–Crippen LogP) is 8.94. The second kappa shape index (κ2) is 6.58. The Bertz CT molecular complexity index is 1800. The normalized spacial score (nSPS) is 39.3. The molecule has 8 unspecified atom stereocenters. The fourth-order valence-electron chi connectivity index (χ4n) is 11.4. The van der Waals surface area contributed by atoms with Crippen LogP contribution < -0.4 is 5.32 Å². The molecular weight excluding hydrogens is 470 g/mol. The van der Waals surface area contributed by atoms with Gasteiger partial charge < -0.3 is 5.32 Å². The minimum absolute atomic E-state index is 0.388. The van der Waals surface area contributed by atoms with E-state index in [1.165, 1.54) is 76.8 Å². The van der Waals surface area contributed by atoms with Crippen LogP contribution in [0.5, 0.6) is 0 Å². The van der Waals surface area contributed by atoms with Gasteiger partial charge in [-0.1, -0.05) is 85.0 Å². The van der Waals surface area contributed by atoms with Crippen molar-refractivity contribution in [2.45, 2.75) is 56.0 Å². The molecule has 1 aliphatic heterocycles. The van der Waals surface area contributed by atoms with Crippen molar-refractivity contribution < 1.29 is 0 Å². The van der Waals surface area contributed by atoms with Crippen LogP contribution in [0.1, 0.15) is 67.2 Å². The summed E-state index contributed by atoms with van der Waals surface area (Å²) in [6.45, 7) is 0. The van der Waals surface area contributed by atoms with Gasteiger partial charge in [0, 0.05) is 11.5 Å². The highest BCUT2D eigenvalue weighted by Gasteiger charge is 2.70. The highest BCUT2D eigenvalue weighted by molar-refractivity contribution is 6.19. The van der Waals surface area contributed by atoms with Gasteiger partial charge in [0.1, 0.15) is 0 Å².